The number of nitrogens with one attached hydrogen (secondary N) is 1. The molecule has 3 aromatic rings. The predicted octanol–water partition coefficient (Wildman–Crippen LogP) is 2.44. The summed E-state index contributed by atoms with van der Waals surface area (Å²) in [4.78, 5) is 12.6. The maximum Gasteiger partial charge on any atom is 0.237 e. The number of carbonyl (C=O) groups is 1. The van der Waals surface area contributed by atoms with Gasteiger partial charge in [-0.15, -0.1) is 10.2 Å². The van der Waals surface area contributed by atoms with E-state index < -0.39 is 5.25 Å². The second-order valence-corrected chi connectivity index (χ2v) is 7.72. The largest absolute Gasteiger partial charge is 0.335 e. The molecule has 1 aromatic carbocycles. The molecule has 0 bridgehead atoms. The van der Waals surface area contributed by atoms with Crippen LogP contribution in [0.3, 0.4) is 0 Å². The second-order valence-electron chi connectivity index (χ2n) is 6.41. The van der Waals surface area contributed by atoms with Gasteiger partial charge < -0.3 is 11.2 Å². The van der Waals surface area contributed by atoms with E-state index in [0.29, 0.717) is 11.0 Å². The zero-order valence-corrected chi connectivity index (χ0v) is 16.8. The summed E-state index contributed by atoms with van der Waals surface area (Å²) in [6.07, 6.45) is 0. The highest BCUT2D eigenvalue weighted by atomic mass is 32.2. The number of hydrogen-bond donors (Lipinski definition) is 2. The molecular formula is C18H23N7OS. The van der Waals surface area contributed by atoms with Gasteiger partial charge in [-0.3, -0.25) is 9.48 Å². The standard InChI is InChI=1S/C18H23N7OS/c1-10-8-6-7-9-14(10)16-21-22-18(25(16)19)27-13(4)17(26)20-15-11(2)23-24(5)12(15)3/h6-9,13H,19H2,1-5H3,(H,20,26)/t13-/m0/s1. The SMILES string of the molecule is Cc1ccccc1-c1nnc(S[C@@H](C)C(=O)Nc2c(C)nn(C)c2C)n1N. The summed E-state index contributed by atoms with van der Waals surface area (Å²) >= 11 is 1.26. The van der Waals surface area contributed by atoms with Crippen molar-refractivity contribution in [2.45, 2.75) is 38.1 Å². The molecule has 8 nitrogen and oxygen atoms in total. The molecule has 0 unspecified atom stereocenters. The fourth-order valence-electron chi connectivity index (χ4n) is 2.76. The van der Waals surface area contributed by atoms with Crippen LogP contribution in [0.1, 0.15) is 23.9 Å². The van der Waals surface area contributed by atoms with Crippen LogP contribution in [0.2, 0.25) is 0 Å². The molecule has 0 aliphatic rings. The van der Waals surface area contributed by atoms with E-state index in [0.717, 1.165) is 28.2 Å². The normalized spacial score (nSPS) is 12.2. The molecule has 0 aliphatic carbocycles. The van der Waals surface area contributed by atoms with Crippen LogP contribution in [-0.4, -0.2) is 35.8 Å². The van der Waals surface area contributed by atoms with Crippen LogP contribution in [0.15, 0.2) is 29.4 Å². The van der Waals surface area contributed by atoms with E-state index in [1.54, 1.807) is 4.68 Å². The van der Waals surface area contributed by atoms with Crippen molar-refractivity contribution in [3.05, 3.63) is 41.2 Å². The first-order valence-corrected chi connectivity index (χ1v) is 9.41. The molecule has 9 heteroatoms. The molecule has 2 heterocycles. The van der Waals surface area contributed by atoms with Crippen LogP contribution in [0, 0.1) is 20.8 Å². The Morgan fingerprint density at radius 3 is 2.56 bits per heavy atom. The Kier molecular flexibility index (Phi) is 5.22. The van der Waals surface area contributed by atoms with Crippen LogP contribution < -0.4 is 11.2 Å². The molecule has 0 saturated carbocycles. The van der Waals surface area contributed by atoms with E-state index in [2.05, 4.69) is 20.6 Å². The van der Waals surface area contributed by atoms with Gasteiger partial charge in [0.05, 0.1) is 22.3 Å². The van der Waals surface area contributed by atoms with Crippen molar-refractivity contribution in [1.82, 2.24) is 24.7 Å². The first-order chi connectivity index (χ1) is 12.8. The molecule has 0 spiro atoms. The number of rotatable bonds is 5. The summed E-state index contributed by atoms with van der Waals surface area (Å²) in [5.41, 5.74) is 4.40. The summed E-state index contributed by atoms with van der Waals surface area (Å²) in [5.74, 6) is 6.61. The van der Waals surface area contributed by atoms with Crippen molar-refractivity contribution in [2.75, 3.05) is 11.2 Å². The van der Waals surface area contributed by atoms with Crippen LogP contribution >= 0.6 is 11.8 Å². The minimum atomic E-state index is -0.403. The number of thioether (sulfide) groups is 1. The monoisotopic (exact) mass is 385 g/mol. The Morgan fingerprint density at radius 2 is 1.93 bits per heavy atom. The van der Waals surface area contributed by atoms with Crippen molar-refractivity contribution in [3.8, 4) is 11.4 Å². The third-order valence-corrected chi connectivity index (χ3v) is 5.52. The fourth-order valence-corrected chi connectivity index (χ4v) is 3.53. The molecule has 27 heavy (non-hydrogen) atoms. The average Bonchev–Trinajstić information content (AvgIpc) is 3.10. The van der Waals surface area contributed by atoms with Gasteiger partial charge in [-0.1, -0.05) is 36.0 Å². The van der Waals surface area contributed by atoms with Crippen LogP contribution in [-0.2, 0) is 11.8 Å². The Balaban J connectivity index is 1.76. The van der Waals surface area contributed by atoms with Crippen molar-refractivity contribution in [3.63, 3.8) is 0 Å². The van der Waals surface area contributed by atoms with E-state index in [-0.39, 0.29) is 5.91 Å². The molecule has 3 N–H and O–H groups in total. The number of benzene rings is 1. The molecule has 1 amide bonds. The Labute approximate surface area is 162 Å². The van der Waals surface area contributed by atoms with Gasteiger partial charge in [-0.25, -0.2) is 4.68 Å². The topological polar surface area (TPSA) is 104 Å². The van der Waals surface area contributed by atoms with E-state index in [1.807, 2.05) is 59.0 Å². The van der Waals surface area contributed by atoms with E-state index in [4.69, 9.17) is 5.84 Å². The summed E-state index contributed by atoms with van der Waals surface area (Å²) in [7, 11) is 1.85. The molecule has 0 aliphatic heterocycles. The predicted molar refractivity (Wildman–Crippen MR) is 107 cm³/mol. The lowest BCUT2D eigenvalue weighted by Crippen LogP contribution is -2.24. The second kappa shape index (κ2) is 7.43. The van der Waals surface area contributed by atoms with Gasteiger partial charge in [0.15, 0.2) is 5.82 Å². The van der Waals surface area contributed by atoms with E-state index in [9.17, 15) is 4.79 Å². The highest BCUT2D eigenvalue weighted by molar-refractivity contribution is 8.00. The summed E-state index contributed by atoms with van der Waals surface area (Å²) in [6, 6.07) is 7.83. The zero-order valence-electron chi connectivity index (χ0n) is 16.0. The molecule has 0 saturated heterocycles. The molecule has 1 atom stereocenters. The van der Waals surface area contributed by atoms with Gasteiger partial charge in [0, 0.05) is 12.6 Å². The third kappa shape index (κ3) is 3.68. The van der Waals surface area contributed by atoms with Gasteiger partial charge in [-0.2, -0.15) is 5.10 Å². The minimum Gasteiger partial charge on any atom is -0.335 e. The Morgan fingerprint density at radius 1 is 1.22 bits per heavy atom. The van der Waals surface area contributed by atoms with E-state index in [1.165, 1.54) is 16.4 Å². The Hall–Kier alpha value is -2.81. The van der Waals surface area contributed by atoms with Gasteiger partial charge in [0.1, 0.15) is 0 Å². The minimum absolute atomic E-state index is 0.139. The lowest BCUT2D eigenvalue weighted by atomic mass is 10.1. The summed E-state index contributed by atoms with van der Waals surface area (Å²) in [6.45, 7) is 7.58. The fraction of sp³-hybridized carbons (Fsp3) is 0.333. The molecular weight excluding hydrogens is 362 g/mol. The smallest absolute Gasteiger partial charge is 0.237 e. The lowest BCUT2D eigenvalue weighted by molar-refractivity contribution is -0.115. The van der Waals surface area contributed by atoms with Crippen molar-refractivity contribution >= 4 is 23.4 Å². The molecule has 0 radical (unpaired) electrons. The van der Waals surface area contributed by atoms with E-state index >= 15 is 0 Å². The Bertz CT molecular complexity index is 992. The maximum atomic E-state index is 12.6. The summed E-state index contributed by atoms with van der Waals surface area (Å²) in [5, 5.41) is 15.7. The van der Waals surface area contributed by atoms with Crippen LogP contribution in [0.4, 0.5) is 5.69 Å². The molecule has 3 rings (SSSR count). The number of nitrogen functional groups attached to an aromatic ring is 1. The molecule has 0 fully saturated rings. The van der Waals surface area contributed by atoms with Crippen molar-refractivity contribution in [2.24, 2.45) is 7.05 Å². The van der Waals surface area contributed by atoms with Gasteiger partial charge in [0.2, 0.25) is 11.1 Å². The van der Waals surface area contributed by atoms with Crippen molar-refractivity contribution in [1.29, 1.82) is 0 Å². The van der Waals surface area contributed by atoms with Gasteiger partial charge in [-0.05, 0) is 33.3 Å². The highest BCUT2D eigenvalue weighted by Gasteiger charge is 2.22. The lowest BCUT2D eigenvalue weighted by Gasteiger charge is -2.12. The van der Waals surface area contributed by atoms with Gasteiger partial charge >= 0.3 is 0 Å². The molecule has 142 valence electrons. The number of aryl methyl sites for hydroxylation is 3. The highest BCUT2D eigenvalue weighted by Crippen LogP contribution is 2.27. The third-order valence-electron chi connectivity index (χ3n) is 4.46. The summed E-state index contributed by atoms with van der Waals surface area (Å²) < 4.78 is 3.17. The number of amides is 1. The first-order valence-electron chi connectivity index (χ1n) is 8.53. The number of nitrogens with two attached hydrogens (primary N) is 1. The zero-order chi connectivity index (χ0) is 19.7. The average molecular weight is 385 g/mol. The van der Waals surface area contributed by atoms with Gasteiger partial charge in [0.25, 0.3) is 0 Å². The first kappa shape index (κ1) is 19.0. The number of nitrogens with zero attached hydrogens (tertiary/aromatic N) is 5. The van der Waals surface area contributed by atoms with Crippen LogP contribution in [0.5, 0.6) is 0 Å². The van der Waals surface area contributed by atoms with Crippen LogP contribution in [0.25, 0.3) is 11.4 Å². The number of aromatic nitrogens is 5. The maximum absolute atomic E-state index is 12.6. The number of hydrogen-bond acceptors (Lipinski definition) is 6. The number of anilines is 1. The molecule has 2 aromatic heterocycles. The quantitative estimate of drug-likeness (QED) is 0.516. The number of carbonyl (C=O) groups excluding carboxylic acids is 1. The van der Waals surface area contributed by atoms with Crippen molar-refractivity contribution < 1.29 is 4.79 Å².